The van der Waals surface area contributed by atoms with Crippen LogP contribution < -0.4 is 10.9 Å². The number of halogens is 2. The molecule has 5 nitrogen and oxygen atoms in total. The molecule has 3 aromatic rings. The summed E-state index contributed by atoms with van der Waals surface area (Å²) >= 11 is 5.94. The van der Waals surface area contributed by atoms with Gasteiger partial charge in [-0.25, -0.2) is 9.07 Å². The second kappa shape index (κ2) is 8.60. The van der Waals surface area contributed by atoms with Crippen LogP contribution in [0, 0.1) is 5.82 Å². The van der Waals surface area contributed by atoms with E-state index >= 15 is 0 Å². The highest BCUT2D eigenvalue weighted by Crippen LogP contribution is 2.17. The molecule has 1 N–H and O–H groups in total. The molecule has 0 spiro atoms. The van der Waals surface area contributed by atoms with Crippen LogP contribution in [0.5, 0.6) is 0 Å². The summed E-state index contributed by atoms with van der Waals surface area (Å²) in [5.41, 5.74) is 1.90. The number of carbonyl (C=O) groups excluding carboxylic acids is 1. The fourth-order valence-electron chi connectivity index (χ4n) is 2.53. The molecule has 0 aliphatic carbocycles. The van der Waals surface area contributed by atoms with Gasteiger partial charge in [0.2, 0.25) is 5.91 Å². The van der Waals surface area contributed by atoms with Gasteiger partial charge in [0, 0.05) is 29.6 Å². The fourth-order valence-corrected chi connectivity index (χ4v) is 2.76. The maximum Gasteiger partial charge on any atom is 0.266 e. The van der Waals surface area contributed by atoms with E-state index in [1.54, 1.807) is 6.07 Å². The van der Waals surface area contributed by atoms with E-state index in [0.717, 1.165) is 5.56 Å². The van der Waals surface area contributed by atoms with E-state index in [4.69, 9.17) is 11.6 Å². The van der Waals surface area contributed by atoms with Gasteiger partial charge in [0.25, 0.3) is 5.56 Å². The predicted octanol–water partition coefficient (Wildman–Crippen LogP) is 3.41. The maximum absolute atomic E-state index is 13.0. The quantitative estimate of drug-likeness (QED) is 0.707. The second-order valence-electron chi connectivity index (χ2n) is 5.91. The summed E-state index contributed by atoms with van der Waals surface area (Å²) < 4.78 is 14.3. The summed E-state index contributed by atoms with van der Waals surface area (Å²) in [7, 11) is 0. The monoisotopic (exact) mass is 385 g/mol. The highest BCUT2D eigenvalue weighted by Gasteiger charge is 2.08. The Hall–Kier alpha value is -2.99. The Balaban J connectivity index is 1.61. The molecule has 0 radical (unpaired) electrons. The van der Waals surface area contributed by atoms with Crippen molar-refractivity contribution in [2.24, 2.45) is 0 Å². The molecule has 2 aromatic carbocycles. The first-order chi connectivity index (χ1) is 13.0. The van der Waals surface area contributed by atoms with Gasteiger partial charge in [0.15, 0.2) is 0 Å². The Labute approximate surface area is 160 Å². The largest absolute Gasteiger partial charge is 0.352 e. The van der Waals surface area contributed by atoms with Crippen molar-refractivity contribution in [3.63, 3.8) is 0 Å². The van der Waals surface area contributed by atoms with Crippen LogP contribution in [0.4, 0.5) is 4.39 Å². The topological polar surface area (TPSA) is 64.0 Å². The molecular formula is C20H17ClFN3O2. The zero-order chi connectivity index (χ0) is 19.2. The van der Waals surface area contributed by atoms with Crippen molar-refractivity contribution >= 4 is 17.5 Å². The summed E-state index contributed by atoms with van der Waals surface area (Å²) in [6.07, 6.45) is 0.0873. The van der Waals surface area contributed by atoms with Crippen LogP contribution in [0.2, 0.25) is 5.02 Å². The lowest BCUT2D eigenvalue weighted by Gasteiger charge is -2.09. The zero-order valence-corrected chi connectivity index (χ0v) is 15.1. The third-order valence-electron chi connectivity index (χ3n) is 3.98. The van der Waals surface area contributed by atoms with Crippen molar-refractivity contribution in [1.29, 1.82) is 0 Å². The molecule has 1 heterocycles. The van der Waals surface area contributed by atoms with E-state index in [-0.39, 0.29) is 36.0 Å². The number of rotatable bonds is 6. The van der Waals surface area contributed by atoms with E-state index in [0.29, 0.717) is 11.3 Å². The Kier molecular flexibility index (Phi) is 5.98. The molecular weight excluding hydrogens is 369 g/mol. The minimum atomic E-state index is -0.432. The molecule has 0 fully saturated rings. The number of carbonyl (C=O) groups is 1. The van der Waals surface area contributed by atoms with Crippen LogP contribution in [0.3, 0.4) is 0 Å². The van der Waals surface area contributed by atoms with Gasteiger partial charge in [0.1, 0.15) is 5.82 Å². The number of benzene rings is 2. The molecule has 1 aromatic heterocycles. The molecule has 0 saturated heterocycles. The van der Waals surface area contributed by atoms with Crippen LogP contribution >= 0.6 is 11.6 Å². The summed E-state index contributed by atoms with van der Waals surface area (Å²) in [5, 5.41) is 7.28. The first-order valence-corrected chi connectivity index (χ1v) is 8.75. The summed E-state index contributed by atoms with van der Waals surface area (Å²) in [6.45, 7) is 0.340. The van der Waals surface area contributed by atoms with Gasteiger partial charge < -0.3 is 5.32 Å². The highest BCUT2D eigenvalue weighted by molar-refractivity contribution is 6.31. The van der Waals surface area contributed by atoms with Crippen molar-refractivity contribution in [3.05, 3.63) is 87.4 Å². The van der Waals surface area contributed by atoms with E-state index in [9.17, 15) is 14.0 Å². The predicted molar refractivity (Wildman–Crippen MR) is 102 cm³/mol. The second-order valence-corrected chi connectivity index (χ2v) is 6.32. The Morgan fingerprint density at radius 1 is 1.11 bits per heavy atom. The Morgan fingerprint density at radius 2 is 1.89 bits per heavy atom. The van der Waals surface area contributed by atoms with E-state index in [1.807, 2.05) is 30.3 Å². The maximum atomic E-state index is 13.0. The average molecular weight is 386 g/mol. The highest BCUT2D eigenvalue weighted by atomic mass is 35.5. The van der Waals surface area contributed by atoms with Crippen molar-refractivity contribution in [2.75, 3.05) is 0 Å². The smallest absolute Gasteiger partial charge is 0.266 e. The third kappa shape index (κ3) is 5.01. The molecule has 0 aliphatic rings. The van der Waals surface area contributed by atoms with Crippen molar-refractivity contribution in [2.45, 2.75) is 19.5 Å². The standard InChI is InChI=1S/C20H17ClFN3O2/c21-17-12-16(22)7-6-15(17)13-23-19(26)10-11-25-20(27)9-8-18(24-25)14-4-2-1-3-5-14/h1-9,12H,10-11,13H2,(H,23,26). The number of amides is 1. The average Bonchev–Trinajstić information content (AvgIpc) is 2.67. The van der Waals surface area contributed by atoms with Gasteiger partial charge in [-0.05, 0) is 23.8 Å². The first-order valence-electron chi connectivity index (χ1n) is 8.37. The van der Waals surface area contributed by atoms with E-state index in [1.165, 1.54) is 28.9 Å². The van der Waals surface area contributed by atoms with Crippen molar-refractivity contribution < 1.29 is 9.18 Å². The van der Waals surface area contributed by atoms with Crippen LogP contribution in [-0.4, -0.2) is 15.7 Å². The van der Waals surface area contributed by atoms with Crippen LogP contribution in [0.25, 0.3) is 11.3 Å². The molecule has 1 amide bonds. The molecule has 3 rings (SSSR count). The van der Waals surface area contributed by atoms with Gasteiger partial charge in [0.05, 0.1) is 12.2 Å². The number of nitrogens with zero attached hydrogens (tertiary/aromatic N) is 2. The number of nitrogens with one attached hydrogen (secondary N) is 1. The molecule has 0 bridgehead atoms. The summed E-state index contributed by atoms with van der Waals surface area (Å²) in [5.74, 6) is -0.687. The molecule has 27 heavy (non-hydrogen) atoms. The summed E-state index contributed by atoms with van der Waals surface area (Å²) in [4.78, 5) is 24.0. The van der Waals surface area contributed by atoms with Gasteiger partial charge in [-0.15, -0.1) is 0 Å². The number of hydrogen-bond acceptors (Lipinski definition) is 3. The van der Waals surface area contributed by atoms with E-state index < -0.39 is 5.82 Å². The van der Waals surface area contributed by atoms with Crippen LogP contribution in [-0.2, 0) is 17.9 Å². The third-order valence-corrected chi connectivity index (χ3v) is 4.33. The first kappa shape index (κ1) is 18.8. The summed E-state index contributed by atoms with van der Waals surface area (Å²) in [6, 6.07) is 16.6. The molecule has 0 aliphatic heterocycles. The van der Waals surface area contributed by atoms with Crippen LogP contribution in [0.15, 0.2) is 65.5 Å². The van der Waals surface area contributed by atoms with Gasteiger partial charge in [-0.1, -0.05) is 48.0 Å². The number of aryl methyl sites for hydroxylation is 1. The van der Waals surface area contributed by atoms with Crippen LogP contribution in [0.1, 0.15) is 12.0 Å². The lowest BCUT2D eigenvalue weighted by atomic mass is 10.1. The SMILES string of the molecule is O=C(CCn1nc(-c2ccccc2)ccc1=O)NCc1ccc(F)cc1Cl. The zero-order valence-electron chi connectivity index (χ0n) is 14.4. The molecule has 138 valence electrons. The molecule has 0 saturated carbocycles. The lowest BCUT2D eigenvalue weighted by molar-refractivity contribution is -0.121. The lowest BCUT2D eigenvalue weighted by Crippen LogP contribution is -2.28. The number of hydrogen-bond donors (Lipinski definition) is 1. The number of aromatic nitrogens is 2. The van der Waals surface area contributed by atoms with Crippen molar-refractivity contribution in [3.8, 4) is 11.3 Å². The van der Waals surface area contributed by atoms with Gasteiger partial charge in [-0.2, -0.15) is 5.10 Å². The Morgan fingerprint density at radius 3 is 2.63 bits per heavy atom. The Bertz CT molecular complexity index is 1010. The normalized spacial score (nSPS) is 10.6. The van der Waals surface area contributed by atoms with Crippen molar-refractivity contribution in [1.82, 2.24) is 15.1 Å². The molecule has 7 heteroatoms. The fraction of sp³-hybridized carbons (Fsp3) is 0.150. The van der Waals surface area contributed by atoms with E-state index in [2.05, 4.69) is 10.4 Å². The van der Waals surface area contributed by atoms with Gasteiger partial charge in [-0.3, -0.25) is 9.59 Å². The van der Waals surface area contributed by atoms with Gasteiger partial charge >= 0.3 is 0 Å². The molecule has 0 atom stereocenters. The minimum absolute atomic E-state index is 0.0873. The molecule has 0 unspecified atom stereocenters. The minimum Gasteiger partial charge on any atom is -0.352 e.